The van der Waals surface area contributed by atoms with Gasteiger partial charge in [0.25, 0.3) is 11.8 Å². The van der Waals surface area contributed by atoms with Gasteiger partial charge < -0.3 is 15.1 Å². The van der Waals surface area contributed by atoms with Gasteiger partial charge in [-0.15, -0.1) is 0 Å². The summed E-state index contributed by atoms with van der Waals surface area (Å²) in [7, 11) is 5.12. The maximum absolute atomic E-state index is 13.4. The highest BCUT2D eigenvalue weighted by atomic mass is 19.1. The Morgan fingerprint density at radius 3 is 2.50 bits per heavy atom. The number of hydrogen-bond donors (Lipinski definition) is 2. The molecule has 0 spiro atoms. The van der Waals surface area contributed by atoms with E-state index in [9.17, 15) is 14.0 Å². The van der Waals surface area contributed by atoms with Crippen LogP contribution < -0.4 is 10.2 Å². The molecule has 1 aromatic rings. The lowest BCUT2D eigenvalue weighted by atomic mass is 10.2. The maximum atomic E-state index is 13.4. The second-order valence-electron chi connectivity index (χ2n) is 4.97. The van der Waals surface area contributed by atoms with E-state index in [1.807, 2.05) is 0 Å². The summed E-state index contributed by atoms with van der Waals surface area (Å²) in [4.78, 5) is 25.5. The third kappa shape index (κ3) is 5.36. The minimum absolute atomic E-state index is 0.0376. The van der Waals surface area contributed by atoms with Crippen molar-refractivity contribution in [1.29, 1.82) is 0 Å². The first-order valence-electron chi connectivity index (χ1n) is 6.41. The summed E-state index contributed by atoms with van der Waals surface area (Å²) in [5.41, 5.74) is 0.447. The van der Waals surface area contributed by atoms with Gasteiger partial charge in [-0.1, -0.05) is 18.2 Å². The fourth-order valence-electron chi connectivity index (χ4n) is 1.65. The molecule has 5 nitrogen and oxygen atoms in total. The lowest BCUT2D eigenvalue weighted by molar-refractivity contribution is -0.862. The Morgan fingerprint density at radius 2 is 1.90 bits per heavy atom. The summed E-state index contributed by atoms with van der Waals surface area (Å²) in [6.45, 7) is 0.578. The molecule has 0 aromatic heterocycles. The molecule has 0 radical (unpaired) electrons. The molecule has 0 bridgehead atoms. The Hall–Kier alpha value is -1.95. The zero-order valence-electron chi connectivity index (χ0n) is 12.1. The largest absolute Gasteiger partial charge is 0.347 e. The van der Waals surface area contributed by atoms with Crippen molar-refractivity contribution in [1.82, 2.24) is 10.2 Å². The smallest absolute Gasteiger partial charge is 0.277 e. The monoisotopic (exact) mass is 282 g/mol. The Balaban J connectivity index is 2.37. The van der Waals surface area contributed by atoms with Crippen LogP contribution in [0.15, 0.2) is 24.3 Å². The molecule has 2 amide bonds. The Labute approximate surface area is 118 Å². The molecule has 0 aliphatic carbocycles. The highest BCUT2D eigenvalue weighted by molar-refractivity contribution is 5.78. The van der Waals surface area contributed by atoms with Gasteiger partial charge in [-0.3, -0.25) is 9.59 Å². The molecule has 2 N–H and O–H groups in total. The van der Waals surface area contributed by atoms with Gasteiger partial charge in [-0.25, -0.2) is 4.39 Å². The third-order valence-corrected chi connectivity index (χ3v) is 2.85. The number of benzene rings is 1. The molecular formula is C14H21FN3O2+. The number of amides is 2. The average Bonchev–Trinajstić information content (AvgIpc) is 2.37. The van der Waals surface area contributed by atoms with Crippen molar-refractivity contribution in [3.63, 3.8) is 0 Å². The summed E-state index contributed by atoms with van der Waals surface area (Å²) in [5, 5.41) is 2.65. The van der Waals surface area contributed by atoms with Gasteiger partial charge >= 0.3 is 0 Å². The van der Waals surface area contributed by atoms with Crippen molar-refractivity contribution in [3.05, 3.63) is 35.6 Å². The van der Waals surface area contributed by atoms with Crippen LogP contribution in [0.1, 0.15) is 5.56 Å². The highest BCUT2D eigenvalue weighted by Gasteiger charge is 2.15. The normalized spacial score (nSPS) is 11.8. The highest BCUT2D eigenvalue weighted by Crippen LogP contribution is 2.04. The van der Waals surface area contributed by atoms with E-state index < -0.39 is 0 Å². The van der Waals surface area contributed by atoms with E-state index in [1.54, 1.807) is 39.3 Å². The minimum Gasteiger partial charge on any atom is -0.347 e. The van der Waals surface area contributed by atoms with Crippen molar-refractivity contribution in [2.75, 3.05) is 34.2 Å². The predicted molar refractivity (Wildman–Crippen MR) is 73.6 cm³/mol. The van der Waals surface area contributed by atoms with Crippen molar-refractivity contribution in [3.8, 4) is 0 Å². The topological polar surface area (TPSA) is 53.9 Å². The minimum atomic E-state index is -0.337. The van der Waals surface area contributed by atoms with Gasteiger partial charge in [0.1, 0.15) is 5.82 Å². The Kier molecular flexibility index (Phi) is 6.11. The van der Waals surface area contributed by atoms with Crippen molar-refractivity contribution >= 4 is 11.8 Å². The zero-order chi connectivity index (χ0) is 15.1. The molecule has 0 heterocycles. The molecule has 6 heteroatoms. The lowest BCUT2D eigenvalue weighted by Crippen LogP contribution is -3.11. The summed E-state index contributed by atoms with van der Waals surface area (Å²) in [5.74, 6) is -0.585. The molecule has 20 heavy (non-hydrogen) atoms. The Bertz CT molecular complexity index is 477. The second kappa shape index (κ2) is 7.59. The molecule has 1 atom stereocenters. The first kappa shape index (κ1) is 16.1. The van der Waals surface area contributed by atoms with Gasteiger partial charge in [-0.2, -0.15) is 0 Å². The van der Waals surface area contributed by atoms with Crippen LogP contribution >= 0.6 is 0 Å². The number of carbonyl (C=O) groups is 2. The maximum Gasteiger partial charge on any atom is 0.277 e. The molecule has 0 aliphatic heterocycles. The molecule has 0 aliphatic rings. The molecule has 0 saturated heterocycles. The summed E-state index contributed by atoms with van der Waals surface area (Å²) in [6, 6.07) is 6.31. The van der Waals surface area contributed by atoms with Crippen LogP contribution in [-0.4, -0.2) is 50.9 Å². The van der Waals surface area contributed by atoms with Crippen LogP contribution in [0.4, 0.5) is 4.39 Å². The summed E-state index contributed by atoms with van der Waals surface area (Å²) >= 11 is 0. The van der Waals surface area contributed by atoms with E-state index in [1.165, 1.54) is 11.0 Å². The van der Waals surface area contributed by atoms with Crippen LogP contribution in [0.2, 0.25) is 0 Å². The number of likely N-dealkylation sites (N-methyl/N-ethyl adjacent to an activating group) is 2. The van der Waals surface area contributed by atoms with E-state index in [2.05, 4.69) is 5.32 Å². The number of nitrogens with one attached hydrogen (secondary N) is 2. The fraction of sp³-hybridized carbons (Fsp3) is 0.429. The van der Waals surface area contributed by atoms with E-state index in [-0.39, 0.29) is 37.3 Å². The van der Waals surface area contributed by atoms with E-state index in [0.29, 0.717) is 5.56 Å². The van der Waals surface area contributed by atoms with Crippen molar-refractivity contribution in [2.45, 2.75) is 6.54 Å². The molecular weight excluding hydrogens is 261 g/mol. The zero-order valence-corrected chi connectivity index (χ0v) is 12.1. The third-order valence-electron chi connectivity index (χ3n) is 2.85. The second-order valence-corrected chi connectivity index (χ2v) is 4.97. The van der Waals surface area contributed by atoms with Crippen LogP contribution in [-0.2, 0) is 16.1 Å². The van der Waals surface area contributed by atoms with Crippen LogP contribution in [0, 0.1) is 5.82 Å². The van der Waals surface area contributed by atoms with Crippen LogP contribution in [0.5, 0.6) is 0 Å². The molecule has 1 rings (SSSR count). The fourth-order valence-corrected chi connectivity index (χ4v) is 1.65. The summed E-state index contributed by atoms with van der Waals surface area (Å²) < 4.78 is 13.4. The van der Waals surface area contributed by atoms with E-state index in [4.69, 9.17) is 0 Å². The number of quaternary nitrogens is 1. The average molecular weight is 282 g/mol. The van der Waals surface area contributed by atoms with Gasteiger partial charge in [0.2, 0.25) is 0 Å². The van der Waals surface area contributed by atoms with Crippen LogP contribution in [0.3, 0.4) is 0 Å². The summed E-state index contributed by atoms with van der Waals surface area (Å²) in [6.07, 6.45) is 0. The van der Waals surface area contributed by atoms with E-state index in [0.717, 1.165) is 4.90 Å². The number of hydrogen-bond acceptors (Lipinski definition) is 2. The predicted octanol–water partition coefficient (Wildman–Crippen LogP) is -0.955. The van der Waals surface area contributed by atoms with Gasteiger partial charge in [0.15, 0.2) is 13.1 Å². The first-order chi connectivity index (χ1) is 9.40. The van der Waals surface area contributed by atoms with Crippen molar-refractivity contribution in [2.24, 2.45) is 0 Å². The molecule has 0 fully saturated rings. The van der Waals surface area contributed by atoms with Gasteiger partial charge in [0, 0.05) is 26.2 Å². The van der Waals surface area contributed by atoms with Gasteiger partial charge in [-0.05, 0) is 6.07 Å². The molecule has 1 unspecified atom stereocenters. The number of halogens is 1. The quantitative estimate of drug-likeness (QED) is 0.706. The molecule has 1 aromatic carbocycles. The van der Waals surface area contributed by atoms with Crippen LogP contribution in [0.25, 0.3) is 0 Å². The van der Waals surface area contributed by atoms with Crippen molar-refractivity contribution < 1.29 is 18.9 Å². The SMILES string of the molecule is CN(C)C(=O)C[NH+](C)CC(=O)NCc1ccccc1F. The van der Waals surface area contributed by atoms with E-state index >= 15 is 0 Å². The number of nitrogens with zero attached hydrogens (tertiary/aromatic N) is 1. The lowest BCUT2D eigenvalue weighted by Gasteiger charge is -2.16. The Morgan fingerprint density at radius 1 is 1.25 bits per heavy atom. The first-order valence-corrected chi connectivity index (χ1v) is 6.41. The van der Waals surface area contributed by atoms with Gasteiger partial charge in [0.05, 0.1) is 7.05 Å². The molecule has 0 saturated carbocycles. The standard InChI is InChI=1S/C14H20FN3O2/c1-17(2)14(20)10-18(3)9-13(19)16-8-11-6-4-5-7-12(11)15/h4-7H,8-10H2,1-3H3,(H,16,19)/p+1. The number of carbonyl (C=O) groups excluding carboxylic acids is 2. The number of rotatable bonds is 6. The molecule has 110 valence electrons.